The van der Waals surface area contributed by atoms with E-state index in [-0.39, 0.29) is 22.6 Å². The Morgan fingerprint density at radius 1 is 1.28 bits per heavy atom. The van der Waals surface area contributed by atoms with Crippen LogP contribution in [0.2, 0.25) is 0 Å². The van der Waals surface area contributed by atoms with Gasteiger partial charge in [0.1, 0.15) is 11.9 Å². The van der Waals surface area contributed by atoms with Crippen LogP contribution in [0, 0.1) is 5.92 Å². The number of sulfonamides is 1. The lowest BCUT2D eigenvalue weighted by molar-refractivity contribution is -0.118. The monoisotopic (exact) mass is 361 g/mol. The summed E-state index contributed by atoms with van der Waals surface area (Å²) in [7, 11) is -1.89. The van der Waals surface area contributed by atoms with Crippen molar-refractivity contribution < 1.29 is 13.2 Å². The quantitative estimate of drug-likeness (QED) is 0.851. The highest BCUT2D eigenvalue weighted by Crippen LogP contribution is 2.23. The van der Waals surface area contributed by atoms with Crippen LogP contribution in [0.3, 0.4) is 0 Å². The first kappa shape index (κ1) is 17.2. The summed E-state index contributed by atoms with van der Waals surface area (Å²) in [5.74, 6) is 0.134. The third kappa shape index (κ3) is 3.41. The highest BCUT2D eigenvalue weighted by Gasteiger charge is 2.32. The summed E-state index contributed by atoms with van der Waals surface area (Å²) in [5.41, 5.74) is 0.471. The first-order valence-electron chi connectivity index (χ1n) is 7.78. The second-order valence-corrected chi connectivity index (χ2v) is 7.78. The van der Waals surface area contributed by atoms with Gasteiger partial charge in [0.25, 0.3) is 15.9 Å². The molecule has 0 radical (unpaired) electrons. The van der Waals surface area contributed by atoms with Gasteiger partial charge in [0.05, 0.1) is 4.90 Å². The van der Waals surface area contributed by atoms with Gasteiger partial charge in [-0.2, -0.15) is 5.10 Å². The number of aromatic nitrogens is 2. The van der Waals surface area contributed by atoms with Crippen molar-refractivity contribution in [2.75, 3.05) is 5.32 Å². The van der Waals surface area contributed by atoms with Crippen LogP contribution in [0.4, 0.5) is 5.82 Å². The molecule has 2 aromatic rings. The van der Waals surface area contributed by atoms with Crippen LogP contribution < -0.4 is 10.0 Å². The first-order valence-corrected chi connectivity index (χ1v) is 9.27. The van der Waals surface area contributed by atoms with E-state index in [1.165, 1.54) is 6.07 Å². The zero-order valence-electron chi connectivity index (χ0n) is 14.1. The van der Waals surface area contributed by atoms with Gasteiger partial charge in [0.2, 0.25) is 0 Å². The van der Waals surface area contributed by atoms with E-state index in [9.17, 15) is 13.2 Å². The number of nitrogens with one attached hydrogen (secondary N) is 2. The number of amidine groups is 1. The van der Waals surface area contributed by atoms with Crippen molar-refractivity contribution in [2.45, 2.75) is 24.8 Å². The summed E-state index contributed by atoms with van der Waals surface area (Å²) in [6.45, 7) is 3.70. The summed E-state index contributed by atoms with van der Waals surface area (Å²) in [5, 5.41) is 6.82. The zero-order valence-corrected chi connectivity index (χ0v) is 14.9. The number of aryl methyl sites for hydroxylation is 1. The number of nitrogens with zero attached hydrogens (tertiary/aromatic N) is 3. The summed E-state index contributed by atoms with van der Waals surface area (Å²) >= 11 is 0. The molecule has 0 bridgehead atoms. The number of fused-ring (bicyclic) bond motifs is 1. The molecule has 132 valence electrons. The molecule has 1 amide bonds. The molecule has 8 nitrogen and oxygen atoms in total. The number of hydrogen-bond acceptors (Lipinski definition) is 5. The van der Waals surface area contributed by atoms with Crippen LogP contribution >= 0.6 is 0 Å². The molecule has 2 heterocycles. The largest absolute Gasteiger partial charge is 0.307 e. The Hall–Kier alpha value is -2.68. The Bertz CT molecular complexity index is 946. The van der Waals surface area contributed by atoms with Gasteiger partial charge in [-0.05, 0) is 18.1 Å². The van der Waals surface area contributed by atoms with Crippen molar-refractivity contribution in [1.29, 1.82) is 0 Å². The molecule has 1 aliphatic heterocycles. The van der Waals surface area contributed by atoms with Crippen LogP contribution in [-0.4, -0.2) is 36.0 Å². The Labute approximate surface area is 146 Å². The molecule has 25 heavy (non-hydrogen) atoms. The molecule has 1 atom stereocenters. The van der Waals surface area contributed by atoms with E-state index in [1.807, 2.05) is 13.8 Å². The average Bonchev–Trinajstić information content (AvgIpc) is 3.06. The molecular weight excluding hydrogens is 342 g/mol. The fourth-order valence-corrected chi connectivity index (χ4v) is 3.80. The second-order valence-electron chi connectivity index (χ2n) is 6.13. The molecule has 0 unspecified atom stereocenters. The molecule has 9 heteroatoms. The highest BCUT2D eigenvalue weighted by atomic mass is 32.2. The van der Waals surface area contributed by atoms with Gasteiger partial charge in [-0.3, -0.25) is 19.2 Å². The molecule has 2 N–H and O–H groups in total. The molecule has 0 saturated heterocycles. The zero-order chi connectivity index (χ0) is 18.2. The van der Waals surface area contributed by atoms with Crippen molar-refractivity contribution in [2.24, 2.45) is 18.0 Å². The number of carbonyl (C=O) groups excluding carboxylic acids is 1. The van der Waals surface area contributed by atoms with Gasteiger partial charge in [-0.15, -0.1) is 0 Å². The van der Waals surface area contributed by atoms with Crippen LogP contribution in [0.5, 0.6) is 0 Å². The fourth-order valence-electron chi connectivity index (χ4n) is 2.56. The third-order valence-corrected chi connectivity index (χ3v) is 5.19. The molecule has 1 aliphatic rings. The lowest BCUT2D eigenvalue weighted by atomic mass is 10.0. The SMILES string of the molecule is CC(C)[C@@H](N=C1NS(=O)(=O)c2ccccc21)C(=O)Nc1ccn(C)n1. The standard InChI is InChI=1S/C16H19N5O3S/c1-10(2)14(16(22)17-13-8-9-21(3)19-13)18-15-11-6-4-5-7-12(11)25(23,24)20-15/h4-10,14H,1-3H3,(H,18,20)(H,17,19,22)/t14-/m1/s1. The maximum absolute atomic E-state index is 12.6. The van der Waals surface area contributed by atoms with Crippen LogP contribution in [0.1, 0.15) is 19.4 Å². The van der Waals surface area contributed by atoms with E-state index >= 15 is 0 Å². The van der Waals surface area contributed by atoms with E-state index in [4.69, 9.17) is 0 Å². The highest BCUT2D eigenvalue weighted by molar-refractivity contribution is 7.90. The van der Waals surface area contributed by atoms with Gasteiger partial charge in [-0.25, -0.2) is 8.42 Å². The predicted octanol–water partition coefficient (Wildman–Crippen LogP) is 1.12. The minimum Gasteiger partial charge on any atom is -0.307 e. The maximum Gasteiger partial charge on any atom is 0.263 e. The number of benzene rings is 1. The second kappa shape index (κ2) is 6.32. The van der Waals surface area contributed by atoms with Crippen molar-refractivity contribution in [3.63, 3.8) is 0 Å². The average molecular weight is 361 g/mol. The Morgan fingerprint density at radius 2 is 2.00 bits per heavy atom. The van der Waals surface area contributed by atoms with E-state index in [2.05, 4.69) is 20.1 Å². The predicted molar refractivity (Wildman–Crippen MR) is 93.8 cm³/mol. The minimum absolute atomic E-state index is 0.131. The Balaban J connectivity index is 1.92. The number of hydrogen-bond donors (Lipinski definition) is 2. The molecule has 1 aromatic carbocycles. The molecule has 3 rings (SSSR count). The van der Waals surface area contributed by atoms with Gasteiger partial charge in [0.15, 0.2) is 5.82 Å². The van der Waals surface area contributed by atoms with E-state index in [0.717, 1.165) is 0 Å². The van der Waals surface area contributed by atoms with Gasteiger partial charge < -0.3 is 5.32 Å². The van der Waals surface area contributed by atoms with Gasteiger partial charge in [-0.1, -0.05) is 26.0 Å². The Kier molecular flexibility index (Phi) is 4.34. The van der Waals surface area contributed by atoms with Crippen LogP contribution in [-0.2, 0) is 21.9 Å². The van der Waals surface area contributed by atoms with Crippen molar-refractivity contribution >= 4 is 27.6 Å². The summed E-state index contributed by atoms with van der Waals surface area (Å²) in [4.78, 5) is 17.1. The first-order chi connectivity index (χ1) is 11.8. The van der Waals surface area contributed by atoms with Crippen molar-refractivity contribution in [1.82, 2.24) is 14.5 Å². The lowest BCUT2D eigenvalue weighted by Gasteiger charge is -2.16. The van der Waals surface area contributed by atoms with Crippen molar-refractivity contribution in [3.05, 3.63) is 42.1 Å². The number of aliphatic imine (C=N–C) groups is 1. The van der Waals surface area contributed by atoms with E-state index < -0.39 is 16.1 Å². The number of rotatable bonds is 4. The molecule has 1 aromatic heterocycles. The third-order valence-electron chi connectivity index (χ3n) is 3.80. The number of carbonyl (C=O) groups is 1. The van der Waals surface area contributed by atoms with E-state index in [1.54, 1.807) is 42.2 Å². The Morgan fingerprint density at radius 3 is 2.64 bits per heavy atom. The molecule has 0 aliphatic carbocycles. The van der Waals surface area contributed by atoms with Crippen molar-refractivity contribution in [3.8, 4) is 0 Å². The normalized spacial score (nSPS) is 18.0. The summed E-state index contributed by atoms with van der Waals surface area (Å²) in [6.07, 6.45) is 1.72. The summed E-state index contributed by atoms with van der Waals surface area (Å²) < 4.78 is 28.3. The molecular formula is C16H19N5O3S. The lowest BCUT2D eigenvalue weighted by Crippen LogP contribution is -2.34. The maximum atomic E-state index is 12.6. The smallest absolute Gasteiger partial charge is 0.263 e. The van der Waals surface area contributed by atoms with Crippen LogP contribution in [0.15, 0.2) is 46.4 Å². The van der Waals surface area contributed by atoms with Gasteiger partial charge in [0, 0.05) is 24.9 Å². The van der Waals surface area contributed by atoms with E-state index in [0.29, 0.717) is 11.4 Å². The molecule has 0 saturated carbocycles. The molecule has 0 fully saturated rings. The van der Waals surface area contributed by atoms with Gasteiger partial charge >= 0.3 is 0 Å². The fraction of sp³-hybridized carbons (Fsp3) is 0.312. The van der Waals surface area contributed by atoms with Crippen LogP contribution in [0.25, 0.3) is 0 Å². The number of anilines is 1. The number of amides is 1. The molecule has 0 spiro atoms. The minimum atomic E-state index is -3.64. The topological polar surface area (TPSA) is 105 Å². The summed E-state index contributed by atoms with van der Waals surface area (Å²) in [6, 6.07) is 7.48.